The van der Waals surface area contributed by atoms with Crippen LogP contribution in [0.2, 0.25) is 0 Å². The van der Waals surface area contributed by atoms with Crippen LogP contribution >= 0.6 is 0 Å². The molecule has 0 unspecified atom stereocenters. The zero-order chi connectivity index (χ0) is 13.9. The van der Waals surface area contributed by atoms with Crippen LogP contribution in [0.4, 0.5) is 0 Å². The minimum absolute atomic E-state index is 0.249. The summed E-state index contributed by atoms with van der Waals surface area (Å²) in [6, 6.07) is 8.31. The lowest BCUT2D eigenvalue weighted by Gasteiger charge is -2.17. The normalized spacial score (nSPS) is 12.4. The Morgan fingerprint density at radius 2 is 1.89 bits per heavy atom. The first-order valence-corrected chi connectivity index (χ1v) is 6.72. The molecule has 0 heterocycles. The molecule has 0 aliphatic rings. The Hall–Kier alpha value is -1.10. The second kappa shape index (κ2) is 9.78. The van der Waals surface area contributed by atoms with E-state index >= 15 is 0 Å². The number of methoxy groups -OCH3 is 2. The summed E-state index contributed by atoms with van der Waals surface area (Å²) in [6.45, 7) is 5.17. The first-order chi connectivity index (χ1) is 9.29. The van der Waals surface area contributed by atoms with Gasteiger partial charge in [0, 0.05) is 38.5 Å². The summed E-state index contributed by atoms with van der Waals surface area (Å²) < 4.78 is 15.8. The van der Waals surface area contributed by atoms with Crippen molar-refractivity contribution in [2.24, 2.45) is 0 Å². The highest BCUT2D eigenvalue weighted by atomic mass is 16.5. The third kappa shape index (κ3) is 6.05. The van der Waals surface area contributed by atoms with E-state index in [4.69, 9.17) is 14.2 Å². The molecule has 0 aliphatic carbocycles. The Bertz CT molecular complexity index is 344. The van der Waals surface area contributed by atoms with Gasteiger partial charge in [0.2, 0.25) is 0 Å². The molecule has 0 bridgehead atoms. The van der Waals surface area contributed by atoms with Crippen molar-refractivity contribution < 1.29 is 14.2 Å². The van der Waals surface area contributed by atoms with Crippen molar-refractivity contribution in [1.29, 1.82) is 0 Å². The van der Waals surface area contributed by atoms with E-state index in [2.05, 4.69) is 18.3 Å². The molecule has 0 aliphatic heterocycles. The molecule has 0 saturated carbocycles. The smallest absolute Gasteiger partial charge is 0.123 e. The highest BCUT2D eigenvalue weighted by Crippen LogP contribution is 2.23. The van der Waals surface area contributed by atoms with Crippen LogP contribution in [-0.2, 0) is 9.47 Å². The maximum absolute atomic E-state index is 5.50. The van der Waals surface area contributed by atoms with Gasteiger partial charge in [-0.05, 0) is 19.4 Å². The van der Waals surface area contributed by atoms with Crippen molar-refractivity contribution in [3.05, 3.63) is 29.8 Å². The molecular weight excluding hydrogens is 242 g/mol. The van der Waals surface area contributed by atoms with E-state index in [0.29, 0.717) is 6.61 Å². The predicted molar refractivity (Wildman–Crippen MR) is 76.7 cm³/mol. The van der Waals surface area contributed by atoms with Gasteiger partial charge in [-0.1, -0.05) is 18.2 Å². The van der Waals surface area contributed by atoms with Crippen LogP contribution in [0, 0.1) is 0 Å². The highest BCUT2D eigenvalue weighted by Gasteiger charge is 2.09. The molecule has 1 aromatic carbocycles. The highest BCUT2D eigenvalue weighted by molar-refractivity contribution is 5.35. The van der Waals surface area contributed by atoms with Gasteiger partial charge in [-0.3, -0.25) is 0 Å². The van der Waals surface area contributed by atoms with Crippen LogP contribution in [0.1, 0.15) is 24.9 Å². The average molecular weight is 267 g/mol. The fraction of sp³-hybridized carbons (Fsp3) is 0.600. The number of hydrogen-bond acceptors (Lipinski definition) is 4. The van der Waals surface area contributed by atoms with Gasteiger partial charge in [0.25, 0.3) is 0 Å². The van der Waals surface area contributed by atoms with Crippen LogP contribution < -0.4 is 10.1 Å². The first kappa shape index (κ1) is 16.0. The molecule has 4 nitrogen and oxygen atoms in total. The van der Waals surface area contributed by atoms with Gasteiger partial charge in [-0.15, -0.1) is 0 Å². The van der Waals surface area contributed by atoms with Gasteiger partial charge in [0.15, 0.2) is 0 Å². The van der Waals surface area contributed by atoms with Crippen LogP contribution in [0.5, 0.6) is 5.75 Å². The quantitative estimate of drug-likeness (QED) is 0.661. The van der Waals surface area contributed by atoms with Gasteiger partial charge in [0.05, 0.1) is 13.7 Å². The second-order valence-electron chi connectivity index (χ2n) is 4.38. The van der Waals surface area contributed by atoms with E-state index in [-0.39, 0.29) is 6.04 Å². The summed E-state index contributed by atoms with van der Waals surface area (Å²) in [5.41, 5.74) is 1.17. The fourth-order valence-corrected chi connectivity index (χ4v) is 1.89. The Kier molecular flexibility index (Phi) is 8.21. The van der Waals surface area contributed by atoms with Crippen LogP contribution in [-0.4, -0.2) is 40.6 Å². The average Bonchev–Trinajstić information content (AvgIpc) is 2.46. The van der Waals surface area contributed by atoms with Gasteiger partial charge < -0.3 is 19.5 Å². The molecule has 19 heavy (non-hydrogen) atoms. The standard InChI is InChI=1S/C15H25NO3/c1-13(14-7-4-5-8-15(14)18-3)16-9-12-19-11-6-10-17-2/h4-5,7-8,13,16H,6,9-12H2,1-3H3/t13-/m1/s1. The monoisotopic (exact) mass is 267 g/mol. The van der Waals surface area contributed by atoms with Gasteiger partial charge in [-0.25, -0.2) is 0 Å². The molecular formula is C15H25NO3. The van der Waals surface area contributed by atoms with Crippen LogP contribution in [0.15, 0.2) is 24.3 Å². The second-order valence-corrected chi connectivity index (χ2v) is 4.38. The lowest BCUT2D eigenvalue weighted by atomic mass is 10.1. The fourth-order valence-electron chi connectivity index (χ4n) is 1.89. The zero-order valence-corrected chi connectivity index (χ0v) is 12.1. The summed E-state index contributed by atoms with van der Waals surface area (Å²) in [4.78, 5) is 0. The number of benzene rings is 1. The molecule has 0 fully saturated rings. The van der Waals surface area contributed by atoms with Gasteiger partial charge in [0.1, 0.15) is 5.75 Å². The van der Waals surface area contributed by atoms with E-state index in [0.717, 1.165) is 31.9 Å². The summed E-state index contributed by atoms with van der Waals surface area (Å²) in [6.07, 6.45) is 0.943. The van der Waals surface area contributed by atoms with Crippen LogP contribution in [0.3, 0.4) is 0 Å². The van der Waals surface area contributed by atoms with E-state index in [1.807, 2.05) is 18.2 Å². The molecule has 1 N–H and O–H groups in total. The summed E-state index contributed by atoms with van der Waals surface area (Å²) in [7, 11) is 3.40. The van der Waals surface area contributed by atoms with Crippen molar-refractivity contribution in [2.45, 2.75) is 19.4 Å². The Balaban J connectivity index is 2.22. The minimum Gasteiger partial charge on any atom is -0.496 e. The Labute approximate surface area is 116 Å². The van der Waals surface area contributed by atoms with E-state index in [1.165, 1.54) is 5.56 Å². The molecule has 1 rings (SSSR count). The molecule has 1 aromatic rings. The maximum atomic E-state index is 5.50. The maximum Gasteiger partial charge on any atom is 0.123 e. The molecule has 0 saturated heterocycles. The van der Waals surface area contributed by atoms with Crippen molar-refractivity contribution in [3.63, 3.8) is 0 Å². The summed E-state index contributed by atoms with van der Waals surface area (Å²) in [5, 5.41) is 3.43. The lowest BCUT2D eigenvalue weighted by Crippen LogP contribution is -2.24. The molecule has 0 radical (unpaired) electrons. The van der Waals surface area contributed by atoms with Crippen molar-refractivity contribution >= 4 is 0 Å². The van der Waals surface area contributed by atoms with Crippen molar-refractivity contribution in [3.8, 4) is 5.75 Å². The van der Waals surface area contributed by atoms with Gasteiger partial charge in [-0.2, -0.15) is 0 Å². The largest absolute Gasteiger partial charge is 0.496 e. The SMILES string of the molecule is COCCCOCCN[C@H](C)c1ccccc1OC. The number of nitrogens with one attached hydrogen (secondary N) is 1. The van der Waals surface area contributed by atoms with E-state index in [1.54, 1.807) is 14.2 Å². The topological polar surface area (TPSA) is 39.7 Å². The number of ether oxygens (including phenoxy) is 3. The van der Waals surface area contributed by atoms with Crippen LogP contribution in [0.25, 0.3) is 0 Å². The van der Waals surface area contributed by atoms with Crippen molar-refractivity contribution in [1.82, 2.24) is 5.32 Å². The molecule has 0 aromatic heterocycles. The number of hydrogen-bond donors (Lipinski definition) is 1. The Morgan fingerprint density at radius 1 is 1.11 bits per heavy atom. The molecule has 4 heteroatoms. The lowest BCUT2D eigenvalue weighted by molar-refractivity contribution is 0.103. The van der Waals surface area contributed by atoms with E-state index in [9.17, 15) is 0 Å². The summed E-state index contributed by atoms with van der Waals surface area (Å²) >= 11 is 0. The zero-order valence-electron chi connectivity index (χ0n) is 12.1. The number of para-hydroxylation sites is 1. The molecule has 0 spiro atoms. The predicted octanol–water partition coefficient (Wildman–Crippen LogP) is 2.40. The van der Waals surface area contributed by atoms with Gasteiger partial charge >= 0.3 is 0 Å². The third-order valence-corrected chi connectivity index (χ3v) is 2.94. The number of rotatable bonds is 10. The van der Waals surface area contributed by atoms with Crippen molar-refractivity contribution in [2.75, 3.05) is 40.6 Å². The Morgan fingerprint density at radius 3 is 2.63 bits per heavy atom. The summed E-state index contributed by atoms with van der Waals surface area (Å²) in [5.74, 6) is 0.920. The van der Waals surface area contributed by atoms with E-state index < -0.39 is 0 Å². The molecule has 108 valence electrons. The minimum atomic E-state index is 0.249. The third-order valence-electron chi connectivity index (χ3n) is 2.94. The first-order valence-electron chi connectivity index (χ1n) is 6.72. The molecule has 0 amide bonds. The molecule has 1 atom stereocenters.